The molecular formula is C26H28FN5O2. The largest absolute Gasteiger partial charge is 0.507 e. The fourth-order valence-electron chi connectivity index (χ4n) is 4.64. The summed E-state index contributed by atoms with van der Waals surface area (Å²) in [7, 11) is 1.74. The van der Waals surface area contributed by atoms with Gasteiger partial charge in [-0.3, -0.25) is 4.90 Å². The van der Waals surface area contributed by atoms with Gasteiger partial charge in [-0.05, 0) is 49.2 Å². The van der Waals surface area contributed by atoms with Crippen molar-refractivity contribution in [3.05, 3.63) is 66.0 Å². The number of pyridine rings is 1. The molecule has 1 aliphatic heterocycles. The first-order chi connectivity index (χ1) is 16.5. The highest BCUT2D eigenvalue weighted by Crippen LogP contribution is 2.34. The van der Waals surface area contributed by atoms with Crippen LogP contribution in [0.3, 0.4) is 0 Å². The van der Waals surface area contributed by atoms with Crippen molar-refractivity contribution in [2.24, 2.45) is 0 Å². The van der Waals surface area contributed by atoms with Crippen molar-refractivity contribution in [1.29, 1.82) is 0 Å². The third-order valence-electron chi connectivity index (χ3n) is 6.59. The van der Waals surface area contributed by atoms with E-state index in [0.29, 0.717) is 34.3 Å². The highest BCUT2D eigenvalue weighted by molar-refractivity contribution is 5.74. The van der Waals surface area contributed by atoms with Gasteiger partial charge in [0.2, 0.25) is 0 Å². The van der Waals surface area contributed by atoms with E-state index in [9.17, 15) is 9.50 Å². The Kier molecular flexibility index (Phi) is 6.02. The number of halogens is 1. The van der Waals surface area contributed by atoms with Crippen molar-refractivity contribution in [2.75, 3.05) is 26.8 Å². The number of nitrogens with zero attached hydrogens (tertiary/aromatic N) is 5. The average Bonchev–Trinajstić information content (AvgIpc) is 3.19. The van der Waals surface area contributed by atoms with Crippen molar-refractivity contribution >= 4 is 5.65 Å². The Morgan fingerprint density at radius 1 is 1.12 bits per heavy atom. The second-order valence-electron chi connectivity index (χ2n) is 8.93. The van der Waals surface area contributed by atoms with E-state index in [1.807, 2.05) is 25.1 Å². The molecule has 0 radical (unpaired) electrons. The fourth-order valence-corrected chi connectivity index (χ4v) is 4.64. The van der Waals surface area contributed by atoms with Crippen LogP contribution in [0.15, 0.2) is 48.8 Å². The van der Waals surface area contributed by atoms with Crippen molar-refractivity contribution in [2.45, 2.75) is 32.2 Å². The monoisotopic (exact) mass is 461 g/mol. The number of benzene rings is 1. The van der Waals surface area contributed by atoms with Crippen LogP contribution in [0.5, 0.6) is 5.75 Å². The Balaban J connectivity index is 1.32. The van der Waals surface area contributed by atoms with Gasteiger partial charge in [0, 0.05) is 55.7 Å². The van der Waals surface area contributed by atoms with Crippen LogP contribution in [0.25, 0.3) is 28.0 Å². The van der Waals surface area contributed by atoms with Gasteiger partial charge in [0.15, 0.2) is 11.5 Å². The van der Waals surface area contributed by atoms with Crippen LogP contribution in [0, 0.1) is 12.7 Å². The van der Waals surface area contributed by atoms with E-state index >= 15 is 0 Å². The molecule has 1 saturated heterocycles. The van der Waals surface area contributed by atoms with Crippen molar-refractivity contribution in [3.63, 3.8) is 0 Å². The van der Waals surface area contributed by atoms with Gasteiger partial charge in [0.1, 0.15) is 5.75 Å². The minimum atomic E-state index is -0.405. The second-order valence-corrected chi connectivity index (χ2v) is 8.93. The zero-order valence-electron chi connectivity index (χ0n) is 19.6. The molecule has 1 aliphatic rings. The summed E-state index contributed by atoms with van der Waals surface area (Å²) in [5.41, 5.74) is 4.53. The fraction of sp³-hybridized carbons (Fsp3) is 0.346. The molecule has 1 aromatic carbocycles. The number of hydrogen-bond donors (Lipinski definition) is 1. The molecule has 34 heavy (non-hydrogen) atoms. The molecule has 4 heterocycles. The summed E-state index contributed by atoms with van der Waals surface area (Å²) >= 11 is 0. The molecule has 3 aromatic heterocycles. The third kappa shape index (κ3) is 4.15. The minimum absolute atomic E-state index is 0.0713. The summed E-state index contributed by atoms with van der Waals surface area (Å²) in [6.45, 7) is 6.64. The van der Waals surface area contributed by atoms with Crippen LogP contribution in [0.4, 0.5) is 4.39 Å². The highest BCUT2D eigenvalue weighted by atomic mass is 19.1. The summed E-state index contributed by atoms with van der Waals surface area (Å²) in [5, 5.41) is 19.5. The number of phenolic OH excluding ortho intramolecular Hbond substituents is 1. The van der Waals surface area contributed by atoms with E-state index in [2.05, 4.69) is 27.0 Å². The molecule has 8 heteroatoms. The topological polar surface area (TPSA) is 75.8 Å². The van der Waals surface area contributed by atoms with Gasteiger partial charge in [-0.2, -0.15) is 10.2 Å². The first-order valence-electron chi connectivity index (χ1n) is 11.5. The van der Waals surface area contributed by atoms with Gasteiger partial charge in [0.25, 0.3) is 0 Å². The normalized spacial score (nSPS) is 15.5. The van der Waals surface area contributed by atoms with Crippen LogP contribution in [0.1, 0.15) is 30.7 Å². The molecule has 5 rings (SSSR count). The lowest BCUT2D eigenvalue weighted by Gasteiger charge is -2.43. The number of phenols is 1. The SMILES string of the molecule is CCC(COC)N1CC(c2ccc(-c3ccc(-c4cc(F)c5nc(C)cn5c4)cc3O)nn2)C1. The average molecular weight is 462 g/mol. The summed E-state index contributed by atoms with van der Waals surface area (Å²) in [4.78, 5) is 6.61. The van der Waals surface area contributed by atoms with Crippen LogP contribution >= 0.6 is 0 Å². The molecule has 0 aliphatic carbocycles. The van der Waals surface area contributed by atoms with Crippen molar-refractivity contribution in [1.82, 2.24) is 24.5 Å². The van der Waals surface area contributed by atoms with Gasteiger partial charge in [0.05, 0.1) is 23.7 Å². The maximum absolute atomic E-state index is 14.5. The number of aromatic hydroxyl groups is 1. The van der Waals surface area contributed by atoms with Gasteiger partial charge < -0.3 is 14.2 Å². The Morgan fingerprint density at radius 2 is 1.94 bits per heavy atom. The zero-order chi connectivity index (χ0) is 23.8. The Hall–Kier alpha value is -3.36. The van der Waals surface area contributed by atoms with Crippen LogP contribution < -0.4 is 0 Å². The number of aryl methyl sites for hydroxylation is 1. The first kappa shape index (κ1) is 22.4. The number of hydrogen-bond acceptors (Lipinski definition) is 6. The number of rotatable bonds is 7. The Morgan fingerprint density at radius 3 is 2.62 bits per heavy atom. The van der Waals surface area contributed by atoms with E-state index < -0.39 is 5.82 Å². The Labute approximate surface area is 197 Å². The molecule has 1 atom stereocenters. The highest BCUT2D eigenvalue weighted by Gasteiger charge is 2.33. The van der Waals surface area contributed by atoms with Crippen LogP contribution in [-0.4, -0.2) is 62.4 Å². The molecule has 1 N–H and O–H groups in total. The zero-order valence-corrected chi connectivity index (χ0v) is 19.6. The molecule has 0 spiro atoms. The third-order valence-corrected chi connectivity index (χ3v) is 6.59. The van der Waals surface area contributed by atoms with E-state index in [4.69, 9.17) is 4.74 Å². The van der Waals surface area contributed by atoms with Gasteiger partial charge in [-0.1, -0.05) is 13.0 Å². The Bertz CT molecular complexity index is 1320. The lowest BCUT2D eigenvalue weighted by atomic mass is 9.93. The van der Waals surface area contributed by atoms with Crippen LogP contribution in [0.2, 0.25) is 0 Å². The molecule has 1 unspecified atom stereocenters. The van der Waals surface area contributed by atoms with Gasteiger partial charge >= 0.3 is 0 Å². The van der Waals surface area contributed by atoms with Crippen molar-refractivity contribution in [3.8, 4) is 28.1 Å². The number of aromatic nitrogens is 4. The molecule has 7 nitrogen and oxygen atoms in total. The summed E-state index contributed by atoms with van der Waals surface area (Å²) in [6, 6.07) is 11.0. The lowest BCUT2D eigenvalue weighted by molar-refractivity contribution is 0.0335. The molecule has 4 aromatic rings. The predicted molar refractivity (Wildman–Crippen MR) is 128 cm³/mol. The molecular weight excluding hydrogens is 433 g/mol. The molecule has 1 fully saturated rings. The summed E-state index contributed by atoms with van der Waals surface area (Å²) in [5.74, 6) is 0.0276. The van der Waals surface area contributed by atoms with E-state index in [1.165, 1.54) is 6.07 Å². The number of ether oxygens (including phenoxy) is 1. The molecule has 176 valence electrons. The minimum Gasteiger partial charge on any atom is -0.507 e. The number of methoxy groups -OCH3 is 1. The lowest BCUT2D eigenvalue weighted by Crippen LogP contribution is -2.52. The maximum atomic E-state index is 14.5. The standard InChI is InChI=1S/C26H28FN5O2/c1-4-20(15-34-3)31-13-19(14-31)23-7-8-24(30-29-23)21-6-5-17(10-25(21)33)18-9-22(27)26-28-16(2)11-32(26)12-18/h5-12,19-20,33H,4,13-15H2,1-3H3. The predicted octanol–water partition coefficient (Wildman–Crippen LogP) is 4.44. The van der Waals surface area contributed by atoms with Gasteiger partial charge in [-0.25, -0.2) is 9.37 Å². The number of likely N-dealkylation sites (tertiary alicyclic amines) is 1. The quantitative estimate of drug-likeness (QED) is 0.439. The summed E-state index contributed by atoms with van der Waals surface area (Å²) in [6.07, 6.45) is 4.64. The number of fused-ring (bicyclic) bond motifs is 1. The first-order valence-corrected chi connectivity index (χ1v) is 11.5. The molecule has 0 bridgehead atoms. The van der Waals surface area contributed by atoms with E-state index in [0.717, 1.165) is 37.5 Å². The van der Waals surface area contributed by atoms with Crippen molar-refractivity contribution < 1.29 is 14.2 Å². The summed E-state index contributed by atoms with van der Waals surface area (Å²) < 4.78 is 21.5. The second kappa shape index (κ2) is 9.12. The smallest absolute Gasteiger partial charge is 0.173 e. The van der Waals surface area contributed by atoms with Gasteiger partial charge in [-0.15, -0.1) is 0 Å². The molecule has 0 saturated carbocycles. The van der Waals surface area contributed by atoms with E-state index in [1.54, 1.807) is 36.0 Å². The maximum Gasteiger partial charge on any atom is 0.173 e. The van der Waals surface area contributed by atoms with Crippen LogP contribution in [-0.2, 0) is 4.74 Å². The van der Waals surface area contributed by atoms with E-state index in [-0.39, 0.29) is 11.4 Å². The molecule has 0 amide bonds. The number of imidazole rings is 1.